The molecule has 0 aromatic carbocycles. The molecule has 0 saturated heterocycles. The van der Waals surface area contributed by atoms with Crippen molar-refractivity contribution in [3.8, 4) is 0 Å². The standard InChI is InChI=1S/C13H13F8NO7S/c1-3-22-9(24)11(12(17,18)19,29-8(23)7(2)14)28-6-4-5-10(15,16)13(20,21)30(25,26)27/h3H,1-2,4-6H2,(H,22,24)(H,25,26,27)/p-1. The van der Waals surface area contributed by atoms with Gasteiger partial charge in [-0.05, 0) is 12.6 Å². The lowest BCUT2D eigenvalue weighted by Crippen LogP contribution is -2.61. The van der Waals surface area contributed by atoms with Gasteiger partial charge in [-0.1, -0.05) is 13.2 Å². The Kier molecular flexibility index (Phi) is 8.55. The van der Waals surface area contributed by atoms with E-state index in [9.17, 15) is 57.7 Å². The Balaban J connectivity index is 5.69. The Labute approximate surface area is 163 Å². The fourth-order valence-electron chi connectivity index (χ4n) is 1.62. The molecule has 0 radical (unpaired) electrons. The molecule has 0 heterocycles. The van der Waals surface area contributed by atoms with Crippen LogP contribution in [0.25, 0.3) is 0 Å². The molecular formula is C13H12F8NO7S-. The molecule has 0 fully saturated rings. The second-order valence-corrected chi connectivity index (χ2v) is 6.63. The predicted molar refractivity (Wildman–Crippen MR) is 78.2 cm³/mol. The highest BCUT2D eigenvalue weighted by Crippen LogP contribution is 2.42. The maximum atomic E-state index is 13.3. The first-order valence-electron chi connectivity index (χ1n) is 7.18. The van der Waals surface area contributed by atoms with Crippen LogP contribution in [0.1, 0.15) is 12.8 Å². The number of amides is 1. The molecule has 0 aliphatic carbocycles. The van der Waals surface area contributed by atoms with Crippen LogP contribution in [0.4, 0.5) is 35.1 Å². The van der Waals surface area contributed by atoms with Crippen LogP contribution in [0.5, 0.6) is 0 Å². The number of halogens is 8. The number of hydrogen-bond acceptors (Lipinski definition) is 7. The minimum absolute atomic E-state index is 0.345. The van der Waals surface area contributed by atoms with E-state index in [2.05, 4.69) is 22.6 Å². The summed E-state index contributed by atoms with van der Waals surface area (Å²) < 4.78 is 144. The van der Waals surface area contributed by atoms with Gasteiger partial charge in [-0.2, -0.15) is 35.1 Å². The molecule has 1 amide bonds. The van der Waals surface area contributed by atoms with Gasteiger partial charge in [-0.15, -0.1) is 0 Å². The lowest BCUT2D eigenvalue weighted by Gasteiger charge is -2.33. The molecule has 0 bridgehead atoms. The Morgan fingerprint density at radius 3 is 1.97 bits per heavy atom. The van der Waals surface area contributed by atoms with Crippen LogP contribution >= 0.6 is 0 Å². The SMILES string of the molecule is C=CNC(=O)C(OCCCC(F)(F)C(F)(F)S(=O)(=O)[O-])(OC(=O)C(=C)F)C(F)(F)F. The van der Waals surface area contributed by atoms with Gasteiger partial charge in [-0.25, -0.2) is 13.2 Å². The molecular weight excluding hydrogens is 466 g/mol. The normalized spacial score (nSPS) is 15.1. The zero-order valence-corrected chi connectivity index (χ0v) is 15.2. The first-order chi connectivity index (χ1) is 13.3. The monoisotopic (exact) mass is 478 g/mol. The number of hydrogen-bond donors (Lipinski definition) is 1. The molecule has 8 nitrogen and oxygen atoms in total. The van der Waals surface area contributed by atoms with Gasteiger partial charge in [0.1, 0.15) is 0 Å². The molecule has 1 unspecified atom stereocenters. The van der Waals surface area contributed by atoms with Gasteiger partial charge in [-0.3, -0.25) is 4.79 Å². The van der Waals surface area contributed by atoms with E-state index in [4.69, 9.17) is 0 Å². The first kappa shape index (κ1) is 27.7. The third-order valence-corrected chi connectivity index (χ3v) is 3.97. The molecule has 0 aromatic heterocycles. The summed E-state index contributed by atoms with van der Waals surface area (Å²) in [7, 11) is -6.85. The van der Waals surface area contributed by atoms with Gasteiger partial charge in [0.2, 0.25) is 5.83 Å². The largest absolute Gasteiger partial charge is 0.743 e. The van der Waals surface area contributed by atoms with E-state index in [0.29, 0.717) is 6.20 Å². The van der Waals surface area contributed by atoms with E-state index in [0.717, 1.165) is 0 Å². The fourth-order valence-corrected chi connectivity index (χ4v) is 2.09. The molecule has 0 aliphatic rings. The maximum Gasteiger partial charge on any atom is 0.466 e. The summed E-state index contributed by atoms with van der Waals surface area (Å²) in [6.07, 6.45) is -9.33. The van der Waals surface area contributed by atoms with E-state index < -0.39 is 70.4 Å². The van der Waals surface area contributed by atoms with Gasteiger partial charge in [0.05, 0.1) is 6.61 Å². The molecule has 174 valence electrons. The predicted octanol–water partition coefficient (Wildman–Crippen LogP) is 2.10. The molecule has 0 aliphatic heterocycles. The second-order valence-electron chi connectivity index (χ2n) is 5.21. The minimum atomic E-state index is -6.85. The van der Waals surface area contributed by atoms with Gasteiger partial charge in [0.25, 0.3) is 0 Å². The lowest BCUT2D eigenvalue weighted by molar-refractivity contribution is -0.347. The van der Waals surface area contributed by atoms with Crippen molar-refractivity contribution in [2.24, 2.45) is 0 Å². The molecule has 1 atom stereocenters. The lowest BCUT2D eigenvalue weighted by atomic mass is 10.2. The summed E-state index contributed by atoms with van der Waals surface area (Å²) in [5.74, 6) is -17.1. The molecule has 0 saturated carbocycles. The summed E-state index contributed by atoms with van der Waals surface area (Å²) >= 11 is 0. The van der Waals surface area contributed by atoms with E-state index in [1.807, 2.05) is 0 Å². The summed E-state index contributed by atoms with van der Waals surface area (Å²) in [6, 6.07) is 0. The Morgan fingerprint density at radius 1 is 1.10 bits per heavy atom. The number of alkyl halides is 7. The van der Waals surface area contributed by atoms with Crippen LogP contribution in [0, 0.1) is 0 Å². The highest BCUT2D eigenvalue weighted by molar-refractivity contribution is 7.86. The number of ether oxygens (including phenoxy) is 2. The number of carbonyl (C=O) groups is 2. The Morgan fingerprint density at radius 2 is 1.60 bits per heavy atom. The van der Waals surface area contributed by atoms with Crippen LogP contribution in [-0.4, -0.2) is 54.6 Å². The summed E-state index contributed by atoms with van der Waals surface area (Å²) in [5.41, 5.74) is 0. The fraction of sp³-hybridized carbons (Fsp3) is 0.538. The summed E-state index contributed by atoms with van der Waals surface area (Å²) in [5, 5.41) is -4.81. The van der Waals surface area contributed by atoms with E-state index in [1.165, 1.54) is 5.32 Å². The molecule has 30 heavy (non-hydrogen) atoms. The van der Waals surface area contributed by atoms with Crippen molar-refractivity contribution >= 4 is 22.0 Å². The van der Waals surface area contributed by atoms with Crippen molar-refractivity contribution in [1.82, 2.24) is 5.32 Å². The topological polar surface area (TPSA) is 122 Å². The van der Waals surface area contributed by atoms with E-state index in [-0.39, 0.29) is 0 Å². The zero-order chi connectivity index (χ0) is 24.2. The molecule has 0 rings (SSSR count). The van der Waals surface area contributed by atoms with Crippen molar-refractivity contribution in [2.45, 2.75) is 36.0 Å². The Bertz CT molecular complexity index is 796. The first-order valence-corrected chi connectivity index (χ1v) is 8.59. The number of rotatable bonds is 11. The van der Waals surface area contributed by atoms with Crippen LogP contribution in [-0.2, 0) is 29.2 Å². The molecule has 0 spiro atoms. The maximum absolute atomic E-state index is 13.3. The number of carbonyl (C=O) groups excluding carboxylic acids is 2. The van der Waals surface area contributed by atoms with Crippen molar-refractivity contribution in [3.05, 3.63) is 25.2 Å². The average molecular weight is 478 g/mol. The van der Waals surface area contributed by atoms with E-state index >= 15 is 0 Å². The van der Waals surface area contributed by atoms with Crippen molar-refractivity contribution in [2.75, 3.05) is 6.61 Å². The second kappa shape index (κ2) is 9.25. The minimum Gasteiger partial charge on any atom is -0.743 e. The van der Waals surface area contributed by atoms with E-state index in [1.54, 1.807) is 0 Å². The van der Waals surface area contributed by atoms with Gasteiger partial charge in [0, 0.05) is 6.42 Å². The van der Waals surface area contributed by atoms with Crippen molar-refractivity contribution in [3.63, 3.8) is 0 Å². The van der Waals surface area contributed by atoms with Crippen molar-refractivity contribution in [1.29, 1.82) is 0 Å². The third-order valence-electron chi connectivity index (χ3n) is 3.04. The van der Waals surface area contributed by atoms with Crippen LogP contribution in [0.3, 0.4) is 0 Å². The highest BCUT2D eigenvalue weighted by atomic mass is 32.2. The van der Waals surface area contributed by atoms with Crippen molar-refractivity contribution < 1.29 is 67.2 Å². The van der Waals surface area contributed by atoms with Gasteiger partial charge < -0.3 is 19.3 Å². The summed E-state index contributed by atoms with van der Waals surface area (Å²) in [4.78, 5) is 22.9. The highest BCUT2D eigenvalue weighted by Gasteiger charge is 2.66. The third kappa shape index (κ3) is 5.88. The van der Waals surface area contributed by atoms with Gasteiger partial charge in [0.15, 0.2) is 10.1 Å². The molecule has 0 aromatic rings. The molecule has 17 heteroatoms. The number of nitrogens with one attached hydrogen (secondary N) is 1. The smallest absolute Gasteiger partial charge is 0.466 e. The van der Waals surface area contributed by atoms with Gasteiger partial charge >= 0.3 is 35.0 Å². The zero-order valence-electron chi connectivity index (χ0n) is 14.4. The quantitative estimate of drug-likeness (QED) is 0.121. The van der Waals surface area contributed by atoms with Crippen LogP contribution < -0.4 is 5.32 Å². The number of esters is 1. The molecule has 1 N–H and O–H groups in total. The van der Waals surface area contributed by atoms with Crippen LogP contribution in [0.2, 0.25) is 0 Å². The summed E-state index contributed by atoms with van der Waals surface area (Å²) in [6.45, 7) is 3.47. The average Bonchev–Trinajstić information content (AvgIpc) is 2.55. The van der Waals surface area contributed by atoms with Crippen LogP contribution in [0.15, 0.2) is 25.2 Å². The Hall–Kier alpha value is -2.27.